The molecular formula is C14H16N2O2. The highest BCUT2D eigenvalue weighted by molar-refractivity contribution is 5.78. The van der Waals surface area contributed by atoms with Gasteiger partial charge in [0.1, 0.15) is 6.26 Å². The zero-order chi connectivity index (χ0) is 13.0. The van der Waals surface area contributed by atoms with Crippen LogP contribution >= 0.6 is 0 Å². The molecule has 1 N–H and O–H groups in total. The van der Waals surface area contributed by atoms with Crippen LogP contribution in [0.5, 0.6) is 0 Å². The third kappa shape index (κ3) is 3.20. The molecule has 18 heavy (non-hydrogen) atoms. The molecule has 0 atom stereocenters. The van der Waals surface area contributed by atoms with Gasteiger partial charge in [-0.1, -0.05) is 24.3 Å². The van der Waals surface area contributed by atoms with Crippen molar-refractivity contribution >= 4 is 5.91 Å². The van der Waals surface area contributed by atoms with Gasteiger partial charge in [-0.15, -0.1) is 0 Å². The average Bonchev–Trinajstić information content (AvgIpc) is 2.76. The predicted octanol–water partition coefficient (Wildman–Crippen LogP) is 2.15. The summed E-state index contributed by atoms with van der Waals surface area (Å²) in [7, 11) is 0. The van der Waals surface area contributed by atoms with Gasteiger partial charge in [-0.3, -0.25) is 4.79 Å². The molecule has 0 unspecified atom stereocenters. The van der Waals surface area contributed by atoms with E-state index in [4.69, 9.17) is 4.42 Å². The lowest BCUT2D eigenvalue weighted by Crippen LogP contribution is -2.25. The van der Waals surface area contributed by atoms with Crippen LogP contribution in [-0.4, -0.2) is 10.9 Å². The molecule has 94 valence electrons. The Morgan fingerprint density at radius 3 is 2.78 bits per heavy atom. The predicted molar refractivity (Wildman–Crippen MR) is 68.0 cm³/mol. The Balaban J connectivity index is 1.88. The lowest BCUT2D eigenvalue weighted by atomic mass is 10.1. The Labute approximate surface area is 106 Å². The van der Waals surface area contributed by atoms with Gasteiger partial charge in [-0.25, -0.2) is 4.98 Å². The van der Waals surface area contributed by atoms with Gasteiger partial charge in [0.25, 0.3) is 0 Å². The molecular weight excluding hydrogens is 228 g/mol. The van der Waals surface area contributed by atoms with Crippen molar-refractivity contribution in [1.29, 1.82) is 0 Å². The van der Waals surface area contributed by atoms with Crippen LogP contribution in [0.15, 0.2) is 34.9 Å². The van der Waals surface area contributed by atoms with E-state index in [9.17, 15) is 4.79 Å². The van der Waals surface area contributed by atoms with Gasteiger partial charge in [0.2, 0.25) is 5.91 Å². The molecule has 0 saturated heterocycles. The molecule has 0 bridgehead atoms. The highest BCUT2D eigenvalue weighted by Crippen LogP contribution is 2.07. The summed E-state index contributed by atoms with van der Waals surface area (Å²) in [6.07, 6.45) is 1.95. The Kier molecular flexibility index (Phi) is 3.77. The topological polar surface area (TPSA) is 55.1 Å². The van der Waals surface area contributed by atoms with Crippen molar-refractivity contribution in [3.8, 4) is 0 Å². The van der Waals surface area contributed by atoms with E-state index < -0.39 is 0 Å². The van der Waals surface area contributed by atoms with E-state index in [1.807, 2.05) is 31.2 Å². The van der Waals surface area contributed by atoms with Crippen molar-refractivity contribution < 1.29 is 9.21 Å². The molecule has 1 heterocycles. The van der Waals surface area contributed by atoms with Crippen molar-refractivity contribution in [1.82, 2.24) is 10.3 Å². The van der Waals surface area contributed by atoms with Gasteiger partial charge in [-0.05, 0) is 18.1 Å². The van der Waals surface area contributed by atoms with Crippen molar-refractivity contribution in [2.45, 2.75) is 26.8 Å². The van der Waals surface area contributed by atoms with E-state index in [2.05, 4.69) is 10.3 Å². The standard InChI is InChI=1S/C14H16N2O2/c1-10-5-3-4-6-12(10)7-14(17)15-8-13-9-18-11(2)16-13/h3-6,9H,7-8H2,1-2H3,(H,15,17). The van der Waals surface area contributed by atoms with Crippen LogP contribution in [0.3, 0.4) is 0 Å². The number of oxazole rings is 1. The molecule has 4 heteroatoms. The normalized spacial score (nSPS) is 10.3. The minimum absolute atomic E-state index is 0.00930. The zero-order valence-corrected chi connectivity index (χ0v) is 10.6. The summed E-state index contributed by atoms with van der Waals surface area (Å²) in [6.45, 7) is 4.18. The number of carbonyl (C=O) groups excluding carboxylic acids is 1. The SMILES string of the molecule is Cc1nc(CNC(=O)Cc2ccccc2C)co1. The summed E-state index contributed by atoms with van der Waals surface area (Å²) in [5.74, 6) is 0.600. The number of rotatable bonds is 4. The van der Waals surface area contributed by atoms with Crippen molar-refractivity contribution in [2.24, 2.45) is 0 Å². The highest BCUT2D eigenvalue weighted by atomic mass is 16.3. The van der Waals surface area contributed by atoms with Gasteiger partial charge in [0.05, 0.1) is 18.7 Å². The Bertz CT molecular complexity index is 546. The molecule has 1 aromatic heterocycles. The van der Waals surface area contributed by atoms with E-state index in [-0.39, 0.29) is 5.91 Å². The molecule has 0 fully saturated rings. The van der Waals surface area contributed by atoms with Crippen LogP contribution < -0.4 is 5.32 Å². The number of aromatic nitrogens is 1. The number of hydrogen-bond acceptors (Lipinski definition) is 3. The first-order valence-electron chi connectivity index (χ1n) is 5.87. The van der Waals surface area contributed by atoms with Gasteiger partial charge in [0.15, 0.2) is 5.89 Å². The second kappa shape index (κ2) is 5.49. The molecule has 0 aliphatic rings. The molecule has 0 spiro atoms. The van der Waals surface area contributed by atoms with Gasteiger partial charge >= 0.3 is 0 Å². The fraction of sp³-hybridized carbons (Fsp3) is 0.286. The maximum Gasteiger partial charge on any atom is 0.224 e. The largest absolute Gasteiger partial charge is 0.449 e. The smallest absolute Gasteiger partial charge is 0.224 e. The van der Waals surface area contributed by atoms with Crippen molar-refractivity contribution in [2.75, 3.05) is 0 Å². The van der Waals surface area contributed by atoms with Crippen LogP contribution in [0.4, 0.5) is 0 Å². The number of hydrogen-bond donors (Lipinski definition) is 1. The van der Waals surface area contributed by atoms with Crippen LogP contribution in [0.1, 0.15) is 22.7 Å². The Morgan fingerprint density at radius 1 is 1.33 bits per heavy atom. The molecule has 0 aliphatic heterocycles. The summed E-state index contributed by atoms with van der Waals surface area (Å²) in [5.41, 5.74) is 2.92. The van der Waals surface area contributed by atoms with E-state index in [0.29, 0.717) is 18.9 Å². The van der Waals surface area contributed by atoms with Gasteiger partial charge in [0, 0.05) is 6.92 Å². The lowest BCUT2D eigenvalue weighted by molar-refractivity contribution is -0.120. The fourth-order valence-corrected chi connectivity index (χ4v) is 1.72. The molecule has 1 aromatic carbocycles. The maximum absolute atomic E-state index is 11.8. The van der Waals surface area contributed by atoms with Crippen LogP contribution in [0, 0.1) is 13.8 Å². The molecule has 1 amide bonds. The summed E-state index contributed by atoms with van der Waals surface area (Å²) in [4.78, 5) is 15.9. The number of aryl methyl sites for hydroxylation is 2. The highest BCUT2D eigenvalue weighted by Gasteiger charge is 2.06. The zero-order valence-electron chi connectivity index (χ0n) is 10.6. The molecule has 0 radical (unpaired) electrons. The first-order valence-corrected chi connectivity index (χ1v) is 5.87. The minimum Gasteiger partial charge on any atom is -0.449 e. The summed E-state index contributed by atoms with van der Waals surface area (Å²) in [6, 6.07) is 7.88. The monoisotopic (exact) mass is 244 g/mol. The molecule has 2 aromatic rings. The van der Waals surface area contributed by atoms with Crippen LogP contribution in [0.25, 0.3) is 0 Å². The number of carbonyl (C=O) groups is 1. The number of amides is 1. The number of nitrogens with zero attached hydrogens (tertiary/aromatic N) is 1. The second-order valence-electron chi connectivity index (χ2n) is 4.24. The second-order valence-corrected chi connectivity index (χ2v) is 4.24. The van der Waals surface area contributed by atoms with E-state index in [1.54, 1.807) is 13.2 Å². The molecule has 4 nitrogen and oxygen atoms in total. The Hall–Kier alpha value is -2.10. The molecule has 0 saturated carbocycles. The third-order valence-electron chi connectivity index (χ3n) is 2.75. The van der Waals surface area contributed by atoms with Crippen LogP contribution in [-0.2, 0) is 17.8 Å². The third-order valence-corrected chi connectivity index (χ3v) is 2.75. The number of nitrogens with one attached hydrogen (secondary N) is 1. The number of benzene rings is 1. The first-order chi connectivity index (χ1) is 8.65. The van der Waals surface area contributed by atoms with Crippen molar-refractivity contribution in [3.63, 3.8) is 0 Å². The Morgan fingerprint density at radius 2 is 2.11 bits per heavy atom. The summed E-state index contributed by atoms with van der Waals surface area (Å²) < 4.78 is 5.07. The summed E-state index contributed by atoms with van der Waals surface area (Å²) >= 11 is 0. The molecule has 2 rings (SSSR count). The van der Waals surface area contributed by atoms with E-state index in [1.165, 1.54) is 0 Å². The van der Waals surface area contributed by atoms with E-state index in [0.717, 1.165) is 16.8 Å². The van der Waals surface area contributed by atoms with Gasteiger partial charge in [-0.2, -0.15) is 0 Å². The maximum atomic E-state index is 11.8. The van der Waals surface area contributed by atoms with Crippen molar-refractivity contribution in [3.05, 3.63) is 53.2 Å². The van der Waals surface area contributed by atoms with E-state index >= 15 is 0 Å². The quantitative estimate of drug-likeness (QED) is 0.896. The average molecular weight is 244 g/mol. The fourth-order valence-electron chi connectivity index (χ4n) is 1.72. The molecule has 0 aliphatic carbocycles. The summed E-state index contributed by atoms with van der Waals surface area (Å²) in [5, 5.41) is 2.83. The minimum atomic E-state index is -0.00930. The lowest BCUT2D eigenvalue weighted by Gasteiger charge is -2.05. The van der Waals surface area contributed by atoms with Crippen LogP contribution in [0.2, 0.25) is 0 Å². The van der Waals surface area contributed by atoms with Gasteiger partial charge < -0.3 is 9.73 Å². The first kappa shape index (κ1) is 12.4.